The van der Waals surface area contributed by atoms with Crippen LogP contribution in [0, 0.1) is 11.6 Å². The second-order valence-electron chi connectivity index (χ2n) is 7.31. The number of aromatic nitrogens is 2. The quantitative estimate of drug-likeness (QED) is 0.459. The lowest BCUT2D eigenvalue weighted by molar-refractivity contribution is 0.0940. The zero-order chi connectivity index (χ0) is 21.8. The molecule has 0 aliphatic rings. The molecular weight excluding hydrogens is 396 g/mol. The van der Waals surface area contributed by atoms with Gasteiger partial charge in [0.2, 0.25) is 0 Å². The van der Waals surface area contributed by atoms with Gasteiger partial charge in [0.1, 0.15) is 0 Å². The van der Waals surface area contributed by atoms with Crippen molar-refractivity contribution in [2.45, 2.75) is 19.5 Å². The van der Waals surface area contributed by atoms with Gasteiger partial charge in [0.15, 0.2) is 11.6 Å². The highest BCUT2D eigenvalue weighted by atomic mass is 19.2. The van der Waals surface area contributed by atoms with Crippen LogP contribution >= 0.6 is 0 Å². The third-order valence-corrected chi connectivity index (χ3v) is 5.13. The minimum Gasteiger partial charge on any atom is -0.345 e. The predicted octanol–water partition coefficient (Wildman–Crippen LogP) is 5.37. The lowest BCUT2D eigenvalue weighted by Gasteiger charge is -2.16. The largest absolute Gasteiger partial charge is 0.345 e. The Kier molecular flexibility index (Phi) is 5.89. The molecular formula is C25H21F2N3O. The van der Waals surface area contributed by atoms with Gasteiger partial charge in [0.25, 0.3) is 5.91 Å². The van der Waals surface area contributed by atoms with Crippen LogP contribution in [0.2, 0.25) is 0 Å². The van der Waals surface area contributed by atoms with E-state index in [-0.39, 0.29) is 5.91 Å². The highest BCUT2D eigenvalue weighted by Gasteiger charge is 2.16. The van der Waals surface area contributed by atoms with Crippen LogP contribution in [0.1, 0.15) is 34.5 Å². The summed E-state index contributed by atoms with van der Waals surface area (Å²) in [7, 11) is 0. The van der Waals surface area contributed by atoms with Gasteiger partial charge in [-0.3, -0.25) is 9.48 Å². The molecule has 0 fully saturated rings. The van der Waals surface area contributed by atoms with Gasteiger partial charge >= 0.3 is 0 Å². The van der Waals surface area contributed by atoms with Crippen molar-refractivity contribution < 1.29 is 13.6 Å². The average molecular weight is 417 g/mol. The Labute approximate surface area is 179 Å². The van der Waals surface area contributed by atoms with Crippen molar-refractivity contribution >= 4 is 5.91 Å². The molecule has 156 valence electrons. The maximum absolute atomic E-state index is 13.5. The second kappa shape index (κ2) is 8.92. The number of carbonyl (C=O) groups excluding carboxylic acids is 1. The summed E-state index contributed by atoms with van der Waals surface area (Å²) in [4.78, 5) is 13.0. The maximum atomic E-state index is 13.5. The first-order chi connectivity index (χ1) is 15.0. The SMILES string of the molecule is CC(NC(=O)c1ccccc1-c1ccc(Cn2cccn2)cc1)c1ccc(F)c(F)c1. The highest BCUT2D eigenvalue weighted by molar-refractivity contribution is 6.01. The zero-order valence-corrected chi connectivity index (χ0v) is 16.9. The molecule has 0 saturated heterocycles. The molecule has 1 unspecified atom stereocenters. The van der Waals surface area contributed by atoms with E-state index < -0.39 is 17.7 Å². The van der Waals surface area contributed by atoms with Gasteiger partial charge in [-0.25, -0.2) is 8.78 Å². The van der Waals surface area contributed by atoms with Gasteiger partial charge in [-0.15, -0.1) is 0 Å². The van der Waals surface area contributed by atoms with Gasteiger partial charge in [-0.2, -0.15) is 5.10 Å². The number of nitrogens with one attached hydrogen (secondary N) is 1. The topological polar surface area (TPSA) is 46.9 Å². The van der Waals surface area contributed by atoms with Gasteiger partial charge in [-0.05, 0) is 53.4 Å². The van der Waals surface area contributed by atoms with Crippen molar-refractivity contribution in [2.24, 2.45) is 0 Å². The van der Waals surface area contributed by atoms with E-state index in [9.17, 15) is 13.6 Å². The molecule has 0 aliphatic heterocycles. The zero-order valence-electron chi connectivity index (χ0n) is 16.9. The third kappa shape index (κ3) is 4.69. The molecule has 0 aliphatic carbocycles. The Morgan fingerprint density at radius 2 is 1.77 bits per heavy atom. The Morgan fingerprint density at radius 1 is 1.00 bits per heavy atom. The van der Waals surface area contributed by atoms with Gasteiger partial charge in [-0.1, -0.05) is 48.5 Å². The summed E-state index contributed by atoms with van der Waals surface area (Å²) in [5.74, 6) is -2.13. The number of hydrogen-bond acceptors (Lipinski definition) is 2. The summed E-state index contributed by atoms with van der Waals surface area (Å²) in [6.07, 6.45) is 3.65. The van der Waals surface area contributed by atoms with E-state index in [0.717, 1.165) is 28.8 Å². The third-order valence-electron chi connectivity index (χ3n) is 5.13. The number of rotatable bonds is 6. The molecule has 0 radical (unpaired) electrons. The van der Waals surface area contributed by atoms with Crippen LogP contribution < -0.4 is 5.32 Å². The summed E-state index contributed by atoms with van der Waals surface area (Å²) >= 11 is 0. The van der Waals surface area contributed by atoms with E-state index in [2.05, 4.69) is 10.4 Å². The molecule has 4 nitrogen and oxygen atoms in total. The fraction of sp³-hybridized carbons (Fsp3) is 0.120. The molecule has 31 heavy (non-hydrogen) atoms. The van der Waals surface area contributed by atoms with Crippen LogP contribution in [-0.4, -0.2) is 15.7 Å². The molecule has 0 saturated carbocycles. The highest BCUT2D eigenvalue weighted by Crippen LogP contribution is 2.25. The number of nitrogens with zero attached hydrogens (tertiary/aromatic N) is 2. The minimum absolute atomic E-state index is 0.284. The number of halogens is 2. The summed E-state index contributed by atoms with van der Waals surface area (Å²) in [6.45, 7) is 2.40. The monoisotopic (exact) mass is 417 g/mol. The summed E-state index contributed by atoms with van der Waals surface area (Å²) in [5, 5.41) is 7.08. The van der Waals surface area contributed by atoms with Crippen molar-refractivity contribution in [1.29, 1.82) is 0 Å². The Hall–Kier alpha value is -3.80. The van der Waals surface area contributed by atoms with Gasteiger partial charge in [0, 0.05) is 18.0 Å². The van der Waals surface area contributed by atoms with Crippen LogP contribution in [0.3, 0.4) is 0 Å². The van der Waals surface area contributed by atoms with E-state index in [4.69, 9.17) is 0 Å². The smallest absolute Gasteiger partial charge is 0.252 e. The Morgan fingerprint density at radius 3 is 2.48 bits per heavy atom. The van der Waals surface area contributed by atoms with Crippen molar-refractivity contribution in [3.8, 4) is 11.1 Å². The first-order valence-corrected chi connectivity index (χ1v) is 9.93. The fourth-order valence-electron chi connectivity index (χ4n) is 3.44. The fourth-order valence-corrected chi connectivity index (χ4v) is 3.44. The second-order valence-corrected chi connectivity index (χ2v) is 7.31. The normalized spacial score (nSPS) is 11.8. The van der Waals surface area contributed by atoms with E-state index >= 15 is 0 Å². The van der Waals surface area contributed by atoms with Crippen molar-refractivity contribution in [3.05, 3.63) is 114 Å². The number of hydrogen-bond donors (Lipinski definition) is 1. The molecule has 0 spiro atoms. The van der Waals surface area contributed by atoms with Crippen molar-refractivity contribution in [1.82, 2.24) is 15.1 Å². The molecule has 1 N–H and O–H groups in total. The minimum atomic E-state index is -0.936. The van der Waals surface area contributed by atoms with Crippen LogP contribution in [-0.2, 0) is 6.54 Å². The van der Waals surface area contributed by atoms with Gasteiger partial charge in [0.05, 0.1) is 12.6 Å². The van der Waals surface area contributed by atoms with E-state index in [1.54, 1.807) is 25.3 Å². The Balaban J connectivity index is 1.53. The number of carbonyl (C=O) groups is 1. The van der Waals surface area contributed by atoms with Crippen LogP contribution in [0.25, 0.3) is 11.1 Å². The van der Waals surface area contributed by atoms with Crippen LogP contribution in [0.5, 0.6) is 0 Å². The van der Waals surface area contributed by atoms with Crippen molar-refractivity contribution in [3.63, 3.8) is 0 Å². The molecule has 1 aromatic heterocycles. The standard InChI is InChI=1S/C25H21F2N3O/c1-17(20-11-12-23(26)24(27)15-20)29-25(31)22-6-3-2-5-21(22)19-9-7-18(8-10-19)16-30-14-4-13-28-30/h2-15,17H,16H2,1H3,(H,29,31). The molecule has 4 aromatic rings. The lowest BCUT2D eigenvalue weighted by Crippen LogP contribution is -2.27. The summed E-state index contributed by atoms with van der Waals surface area (Å²) in [5.41, 5.74) is 3.81. The molecule has 1 heterocycles. The molecule has 3 aromatic carbocycles. The molecule has 6 heteroatoms. The molecule has 1 amide bonds. The van der Waals surface area contributed by atoms with E-state index in [1.807, 2.05) is 53.3 Å². The van der Waals surface area contributed by atoms with Crippen LogP contribution in [0.4, 0.5) is 8.78 Å². The van der Waals surface area contributed by atoms with Gasteiger partial charge < -0.3 is 5.32 Å². The summed E-state index contributed by atoms with van der Waals surface area (Å²) < 4.78 is 28.6. The predicted molar refractivity (Wildman–Crippen MR) is 115 cm³/mol. The maximum Gasteiger partial charge on any atom is 0.252 e. The number of amides is 1. The van der Waals surface area contributed by atoms with Crippen LogP contribution in [0.15, 0.2) is 85.2 Å². The van der Waals surface area contributed by atoms with E-state index in [1.165, 1.54) is 6.07 Å². The first-order valence-electron chi connectivity index (χ1n) is 9.93. The Bertz CT molecular complexity index is 1190. The number of benzene rings is 3. The first kappa shape index (κ1) is 20.5. The molecule has 0 bridgehead atoms. The molecule has 1 atom stereocenters. The molecule has 4 rings (SSSR count). The average Bonchev–Trinajstić information content (AvgIpc) is 3.29. The van der Waals surface area contributed by atoms with E-state index in [0.29, 0.717) is 17.7 Å². The summed E-state index contributed by atoms with van der Waals surface area (Å²) in [6, 6.07) is 20.3. The lowest BCUT2D eigenvalue weighted by atomic mass is 9.97. The van der Waals surface area contributed by atoms with Crippen molar-refractivity contribution in [2.75, 3.05) is 0 Å².